The van der Waals surface area contributed by atoms with Crippen LogP contribution in [0.25, 0.3) is 5.65 Å². The average molecular weight is 240 g/mol. The first-order valence-corrected chi connectivity index (χ1v) is 5.20. The quantitative estimate of drug-likeness (QED) is 0.615. The van der Waals surface area contributed by atoms with E-state index >= 15 is 0 Å². The third-order valence-corrected chi connectivity index (χ3v) is 1.83. The Morgan fingerprint density at radius 2 is 2.38 bits per heavy atom. The number of esters is 1. The van der Waals surface area contributed by atoms with E-state index in [1.165, 1.54) is 18.1 Å². The Balaban J connectivity index is 0.000000168. The van der Waals surface area contributed by atoms with Crippen LogP contribution in [0.15, 0.2) is 24.7 Å². The minimum Gasteiger partial charge on any atom is -0.469 e. The normalized spacial score (nSPS) is 9.38. The van der Waals surface area contributed by atoms with E-state index in [0.717, 1.165) is 5.65 Å². The van der Waals surface area contributed by atoms with Gasteiger partial charge in [0.1, 0.15) is 6.33 Å². The number of carbonyl (C=O) groups is 1. The first-order valence-electron chi connectivity index (χ1n) is 4.56. The molecule has 0 N–H and O–H groups in total. The standard InChI is InChI=1S/C5H4N4.C4H8O2S/c1-2-5-6-4-8-9(5)7-3-1;1-6-4(5)2-3-7/h1-4H;7H,2-3H2,1H3. The van der Waals surface area contributed by atoms with Crippen molar-refractivity contribution in [2.24, 2.45) is 0 Å². The zero-order chi connectivity index (χ0) is 11.8. The second kappa shape index (κ2) is 6.78. The lowest BCUT2D eigenvalue weighted by Crippen LogP contribution is -1.99. The maximum absolute atomic E-state index is 10.1. The number of hydrogen-bond donors (Lipinski definition) is 1. The molecule has 16 heavy (non-hydrogen) atoms. The molecular formula is C9H12N4O2S. The van der Waals surface area contributed by atoms with E-state index in [1.54, 1.807) is 6.20 Å². The highest BCUT2D eigenvalue weighted by atomic mass is 32.1. The fourth-order valence-electron chi connectivity index (χ4n) is 0.867. The van der Waals surface area contributed by atoms with Crippen molar-refractivity contribution in [3.63, 3.8) is 0 Å². The fraction of sp³-hybridized carbons (Fsp3) is 0.333. The molecule has 0 aromatic carbocycles. The lowest BCUT2D eigenvalue weighted by Gasteiger charge is -1.90. The SMILES string of the molecule is COC(=O)CCS.c1cnn2ncnc2c1. The zero-order valence-corrected chi connectivity index (χ0v) is 9.67. The fourth-order valence-corrected chi connectivity index (χ4v) is 1.05. The summed E-state index contributed by atoms with van der Waals surface area (Å²) in [4.78, 5) is 14.0. The highest BCUT2D eigenvalue weighted by Crippen LogP contribution is 1.90. The van der Waals surface area contributed by atoms with Crippen molar-refractivity contribution in [2.45, 2.75) is 6.42 Å². The summed E-state index contributed by atoms with van der Waals surface area (Å²) in [5.41, 5.74) is 0.775. The van der Waals surface area contributed by atoms with Gasteiger partial charge in [0.15, 0.2) is 5.65 Å². The first kappa shape index (κ1) is 12.4. The van der Waals surface area contributed by atoms with Gasteiger partial charge in [-0.1, -0.05) is 0 Å². The van der Waals surface area contributed by atoms with Crippen molar-refractivity contribution in [3.8, 4) is 0 Å². The van der Waals surface area contributed by atoms with Crippen LogP contribution in [-0.4, -0.2) is 38.6 Å². The summed E-state index contributed by atoms with van der Waals surface area (Å²) < 4.78 is 5.78. The Morgan fingerprint density at radius 1 is 1.56 bits per heavy atom. The largest absolute Gasteiger partial charge is 0.469 e. The minimum absolute atomic E-state index is 0.199. The zero-order valence-electron chi connectivity index (χ0n) is 8.78. The Labute approximate surface area is 98.0 Å². The number of rotatable bonds is 2. The number of fused-ring (bicyclic) bond motifs is 1. The summed E-state index contributed by atoms with van der Waals surface area (Å²) >= 11 is 3.81. The Morgan fingerprint density at radius 3 is 2.94 bits per heavy atom. The molecule has 0 saturated heterocycles. The summed E-state index contributed by atoms with van der Waals surface area (Å²) in [6, 6.07) is 3.67. The van der Waals surface area contributed by atoms with Crippen molar-refractivity contribution in [1.29, 1.82) is 0 Å². The first-order chi connectivity index (χ1) is 7.77. The van der Waals surface area contributed by atoms with Crippen LogP contribution in [0.4, 0.5) is 0 Å². The molecule has 0 bridgehead atoms. The Hall–Kier alpha value is -1.63. The van der Waals surface area contributed by atoms with Gasteiger partial charge in [-0.05, 0) is 12.1 Å². The van der Waals surface area contributed by atoms with E-state index < -0.39 is 0 Å². The predicted molar refractivity (Wildman–Crippen MR) is 61.3 cm³/mol. The predicted octanol–water partition coefficient (Wildman–Crippen LogP) is 0.604. The van der Waals surface area contributed by atoms with Gasteiger partial charge in [-0.25, -0.2) is 4.98 Å². The second-order valence-electron chi connectivity index (χ2n) is 2.68. The second-order valence-corrected chi connectivity index (χ2v) is 3.13. The van der Waals surface area contributed by atoms with Gasteiger partial charge >= 0.3 is 5.97 Å². The van der Waals surface area contributed by atoms with Crippen LogP contribution in [0.1, 0.15) is 6.42 Å². The smallest absolute Gasteiger partial charge is 0.306 e. The Bertz CT molecular complexity index is 416. The number of methoxy groups -OCH3 is 1. The molecule has 0 spiro atoms. The number of carbonyl (C=O) groups excluding carboxylic acids is 1. The van der Waals surface area contributed by atoms with E-state index in [-0.39, 0.29) is 5.97 Å². The molecule has 0 aliphatic carbocycles. The molecule has 2 aromatic rings. The van der Waals surface area contributed by atoms with Gasteiger partial charge in [0.05, 0.1) is 13.5 Å². The maximum Gasteiger partial charge on any atom is 0.306 e. The monoisotopic (exact) mass is 240 g/mol. The van der Waals surface area contributed by atoms with Crippen LogP contribution < -0.4 is 0 Å². The van der Waals surface area contributed by atoms with Crippen LogP contribution in [0.2, 0.25) is 0 Å². The number of ether oxygens (including phenoxy) is 1. The van der Waals surface area contributed by atoms with Gasteiger partial charge in [-0.15, -0.1) is 9.73 Å². The van der Waals surface area contributed by atoms with Crippen LogP contribution >= 0.6 is 12.6 Å². The van der Waals surface area contributed by atoms with Crippen molar-refractivity contribution < 1.29 is 9.53 Å². The molecule has 0 aliphatic rings. The third kappa shape index (κ3) is 3.85. The molecule has 2 heterocycles. The molecule has 2 rings (SSSR count). The summed E-state index contributed by atoms with van der Waals surface area (Å²) in [5, 5.41) is 7.70. The summed E-state index contributed by atoms with van der Waals surface area (Å²) in [7, 11) is 1.37. The number of thiol groups is 1. The summed E-state index contributed by atoms with van der Waals surface area (Å²) in [6.07, 6.45) is 3.55. The van der Waals surface area contributed by atoms with Crippen LogP contribution in [0, 0.1) is 0 Å². The molecule has 0 radical (unpaired) electrons. The molecule has 0 unspecified atom stereocenters. The molecular weight excluding hydrogens is 228 g/mol. The molecule has 0 saturated carbocycles. The van der Waals surface area contributed by atoms with Crippen molar-refractivity contribution in [3.05, 3.63) is 24.7 Å². The highest BCUT2D eigenvalue weighted by molar-refractivity contribution is 7.80. The molecule has 0 amide bonds. The van der Waals surface area contributed by atoms with Gasteiger partial charge in [0, 0.05) is 11.9 Å². The number of aromatic nitrogens is 4. The van der Waals surface area contributed by atoms with E-state index in [1.807, 2.05) is 12.1 Å². The molecule has 0 fully saturated rings. The summed E-state index contributed by atoms with van der Waals surface area (Å²) in [6.45, 7) is 0. The van der Waals surface area contributed by atoms with Crippen molar-refractivity contribution in [1.82, 2.24) is 19.8 Å². The minimum atomic E-state index is -0.199. The van der Waals surface area contributed by atoms with Crippen LogP contribution in [0.5, 0.6) is 0 Å². The van der Waals surface area contributed by atoms with E-state index in [0.29, 0.717) is 12.2 Å². The number of hydrogen-bond acceptors (Lipinski definition) is 6. The van der Waals surface area contributed by atoms with Gasteiger partial charge in [-0.2, -0.15) is 17.7 Å². The maximum atomic E-state index is 10.1. The van der Waals surface area contributed by atoms with E-state index in [9.17, 15) is 4.79 Å². The molecule has 86 valence electrons. The van der Waals surface area contributed by atoms with Crippen LogP contribution in [0.3, 0.4) is 0 Å². The number of nitrogens with zero attached hydrogens (tertiary/aromatic N) is 4. The van der Waals surface area contributed by atoms with Crippen LogP contribution in [-0.2, 0) is 9.53 Å². The molecule has 0 aliphatic heterocycles. The molecule has 2 aromatic heterocycles. The van der Waals surface area contributed by atoms with E-state index in [2.05, 4.69) is 32.5 Å². The van der Waals surface area contributed by atoms with Gasteiger partial charge in [0.2, 0.25) is 0 Å². The topological polar surface area (TPSA) is 69.4 Å². The van der Waals surface area contributed by atoms with Crippen molar-refractivity contribution >= 4 is 24.2 Å². The highest BCUT2D eigenvalue weighted by Gasteiger charge is 1.93. The lowest BCUT2D eigenvalue weighted by atomic mass is 10.5. The third-order valence-electron chi connectivity index (χ3n) is 1.61. The lowest BCUT2D eigenvalue weighted by molar-refractivity contribution is -0.140. The van der Waals surface area contributed by atoms with Gasteiger partial charge < -0.3 is 4.74 Å². The van der Waals surface area contributed by atoms with Gasteiger partial charge in [0.25, 0.3) is 0 Å². The molecule has 7 heteroatoms. The molecule has 6 nitrogen and oxygen atoms in total. The van der Waals surface area contributed by atoms with Crippen molar-refractivity contribution in [2.75, 3.05) is 12.9 Å². The Kier molecular flexibility index (Phi) is 5.27. The average Bonchev–Trinajstić information content (AvgIpc) is 2.78. The summed E-state index contributed by atoms with van der Waals surface area (Å²) in [5.74, 6) is 0.363. The van der Waals surface area contributed by atoms with E-state index in [4.69, 9.17) is 0 Å². The molecule has 0 atom stereocenters. The van der Waals surface area contributed by atoms with Gasteiger partial charge in [-0.3, -0.25) is 4.79 Å².